The van der Waals surface area contributed by atoms with E-state index in [2.05, 4.69) is 16.0 Å². The number of fused-ring (bicyclic) bond motifs is 1. The van der Waals surface area contributed by atoms with Gasteiger partial charge in [-0.15, -0.1) is 0 Å². The predicted octanol–water partition coefficient (Wildman–Crippen LogP) is 1.83. The molecule has 1 aromatic rings. The summed E-state index contributed by atoms with van der Waals surface area (Å²) in [5, 5.41) is 0. The average molecular weight is 223 g/mol. The first-order valence-electron chi connectivity index (χ1n) is 3.70. The average Bonchev–Trinajstić information content (AvgIpc) is 2.25. The quantitative estimate of drug-likeness (QED) is 0.610. The van der Waals surface area contributed by atoms with E-state index in [1.54, 1.807) is 0 Å². The molecule has 0 atom stereocenters. The molecule has 0 N–H and O–H groups in total. The van der Waals surface area contributed by atoms with Gasteiger partial charge in [-0.2, -0.15) is 0 Å². The maximum atomic E-state index is 5.53. The Labute approximate surface area is 79.6 Å². The Balaban J connectivity index is 2.49. The summed E-state index contributed by atoms with van der Waals surface area (Å²) in [7, 11) is 0. The van der Waals surface area contributed by atoms with Gasteiger partial charge in [0.05, 0.1) is 0 Å². The van der Waals surface area contributed by atoms with Crippen molar-refractivity contribution in [1.29, 1.82) is 0 Å². The van der Waals surface area contributed by atoms with Crippen LogP contribution in [0.3, 0.4) is 0 Å². The Morgan fingerprint density at radius 1 is 1.17 bits per heavy atom. The van der Waals surface area contributed by atoms with Crippen molar-refractivity contribution in [3.63, 3.8) is 0 Å². The van der Waals surface area contributed by atoms with Crippen LogP contribution in [0.25, 0.3) is 6.08 Å². The Bertz CT molecular complexity index is 353. The second-order valence-electron chi connectivity index (χ2n) is 2.50. The van der Waals surface area contributed by atoms with Gasteiger partial charge in [0.2, 0.25) is 0 Å². The van der Waals surface area contributed by atoms with Gasteiger partial charge >= 0.3 is 79.2 Å². The third kappa shape index (κ3) is 1.45. The first-order chi connectivity index (χ1) is 5.86. The molecule has 1 aliphatic rings. The SMILES string of the molecule is [SeH]C1=CC=Cc2ccccc2O1. The van der Waals surface area contributed by atoms with Crippen molar-refractivity contribution in [2.24, 2.45) is 0 Å². The number of hydrogen-bond donors (Lipinski definition) is 0. The summed E-state index contributed by atoms with van der Waals surface area (Å²) in [6.45, 7) is 0. The van der Waals surface area contributed by atoms with Gasteiger partial charge in [-0.1, -0.05) is 0 Å². The normalized spacial score (nSPS) is 14.2. The number of allylic oxidation sites excluding steroid dienone is 2. The van der Waals surface area contributed by atoms with Crippen molar-refractivity contribution in [3.8, 4) is 5.75 Å². The fraction of sp³-hybridized carbons (Fsp3) is 0. The van der Waals surface area contributed by atoms with Crippen molar-refractivity contribution >= 4 is 22.1 Å². The van der Waals surface area contributed by atoms with Crippen LogP contribution >= 0.6 is 0 Å². The van der Waals surface area contributed by atoms with E-state index in [-0.39, 0.29) is 0 Å². The molecule has 1 aromatic carbocycles. The Morgan fingerprint density at radius 2 is 2.00 bits per heavy atom. The van der Waals surface area contributed by atoms with E-state index in [0.29, 0.717) is 0 Å². The Morgan fingerprint density at radius 3 is 2.92 bits per heavy atom. The van der Waals surface area contributed by atoms with Crippen LogP contribution in [-0.2, 0) is 0 Å². The molecule has 0 aliphatic carbocycles. The van der Waals surface area contributed by atoms with Gasteiger partial charge in [-0.3, -0.25) is 0 Å². The third-order valence-electron chi connectivity index (χ3n) is 1.65. The molecule has 0 radical (unpaired) electrons. The number of ether oxygens (including phenoxy) is 1. The molecule has 0 spiro atoms. The van der Waals surface area contributed by atoms with Crippen molar-refractivity contribution in [3.05, 3.63) is 46.6 Å². The van der Waals surface area contributed by atoms with Gasteiger partial charge in [0.25, 0.3) is 0 Å². The molecule has 1 aliphatic heterocycles. The zero-order valence-electron chi connectivity index (χ0n) is 6.40. The van der Waals surface area contributed by atoms with Crippen molar-refractivity contribution in [2.75, 3.05) is 0 Å². The van der Waals surface area contributed by atoms with Gasteiger partial charge in [0.1, 0.15) is 0 Å². The van der Waals surface area contributed by atoms with Crippen LogP contribution in [0.2, 0.25) is 0 Å². The molecule has 2 heteroatoms. The summed E-state index contributed by atoms with van der Waals surface area (Å²) >= 11 is 2.40. The molecule has 12 heavy (non-hydrogen) atoms. The fourth-order valence-corrected chi connectivity index (χ4v) is 1.48. The van der Waals surface area contributed by atoms with Crippen LogP contribution < -0.4 is 4.74 Å². The number of benzene rings is 1. The van der Waals surface area contributed by atoms with E-state index in [0.717, 1.165) is 16.0 Å². The monoisotopic (exact) mass is 224 g/mol. The predicted molar refractivity (Wildman–Crippen MR) is 51.3 cm³/mol. The van der Waals surface area contributed by atoms with Crippen molar-refractivity contribution in [2.45, 2.75) is 0 Å². The van der Waals surface area contributed by atoms with Crippen LogP contribution in [0.4, 0.5) is 0 Å². The minimum absolute atomic E-state index is 0.865. The van der Waals surface area contributed by atoms with E-state index in [1.807, 2.05) is 42.5 Å². The summed E-state index contributed by atoms with van der Waals surface area (Å²) in [4.78, 5) is 0. The Kier molecular flexibility index (Phi) is 2.03. The van der Waals surface area contributed by atoms with Crippen LogP contribution in [-0.4, -0.2) is 16.0 Å². The molecular formula is C10H8OSe. The summed E-state index contributed by atoms with van der Waals surface area (Å²) in [5.74, 6) is 0.915. The third-order valence-corrected chi connectivity index (χ3v) is 2.15. The molecule has 0 bridgehead atoms. The van der Waals surface area contributed by atoms with Gasteiger partial charge in [-0.05, 0) is 0 Å². The van der Waals surface area contributed by atoms with E-state index in [1.165, 1.54) is 0 Å². The zero-order chi connectivity index (χ0) is 8.39. The topological polar surface area (TPSA) is 9.23 Å². The van der Waals surface area contributed by atoms with E-state index in [9.17, 15) is 0 Å². The van der Waals surface area contributed by atoms with Gasteiger partial charge in [-0.25, -0.2) is 0 Å². The summed E-state index contributed by atoms with van der Waals surface area (Å²) in [6.07, 6.45) is 5.95. The molecule has 0 aromatic heterocycles. The second kappa shape index (κ2) is 3.18. The summed E-state index contributed by atoms with van der Waals surface area (Å²) < 4.78 is 6.39. The number of rotatable bonds is 0. The number of hydrogen-bond acceptors (Lipinski definition) is 1. The summed E-state index contributed by atoms with van der Waals surface area (Å²) in [6, 6.07) is 7.97. The maximum absolute atomic E-state index is 5.53. The fourth-order valence-electron chi connectivity index (χ4n) is 1.09. The first kappa shape index (κ1) is 7.66. The molecular weight excluding hydrogens is 215 g/mol. The standard InChI is InChI=1S/C10H8OSe/c12-10-7-3-5-8-4-1-2-6-9(8)11-10/h1-7,12H. The molecule has 0 amide bonds. The van der Waals surface area contributed by atoms with Crippen LogP contribution in [0.15, 0.2) is 41.1 Å². The van der Waals surface area contributed by atoms with Crippen LogP contribution in [0.5, 0.6) is 5.75 Å². The molecule has 0 fully saturated rings. The van der Waals surface area contributed by atoms with Crippen LogP contribution in [0.1, 0.15) is 5.56 Å². The molecule has 0 unspecified atom stereocenters. The first-order valence-corrected chi connectivity index (χ1v) is 4.64. The molecule has 0 saturated heterocycles. The Hall–Kier alpha value is -0.981. The van der Waals surface area contributed by atoms with Gasteiger partial charge in [0.15, 0.2) is 0 Å². The van der Waals surface area contributed by atoms with E-state index >= 15 is 0 Å². The van der Waals surface area contributed by atoms with Gasteiger partial charge < -0.3 is 0 Å². The van der Waals surface area contributed by atoms with Crippen LogP contribution in [0, 0.1) is 0 Å². The zero-order valence-corrected chi connectivity index (χ0v) is 8.27. The van der Waals surface area contributed by atoms with E-state index in [4.69, 9.17) is 4.74 Å². The van der Waals surface area contributed by atoms with Gasteiger partial charge in [0, 0.05) is 0 Å². The molecule has 2 rings (SSSR count). The summed E-state index contributed by atoms with van der Waals surface area (Å²) in [5.41, 5.74) is 1.12. The molecule has 0 saturated carbocycles. The van der Waals surface area contributed by atoms with Crippen molar-refractivity contribution in [1.82, 2.24) is 0 Å². The molecule has 1 nitrogen and oxygen atoms in total. The molecule has 60 valence electrons. The van der Waals surface area contributed by atoms with Crippen molar-refractivity contribution < 1.29 is 4.74 Å². The minimum atomic E-state index is 0.865. The van der Waals surface area contributed by atoms with E-state index < -0.39 is 0 Å². The molecule has 1 heterocycles. The second-order valence-corrected chi connectivity index (χ2v) is 3.43. The number of para-hydroxylation sites is 1.